The molecule has 1 unspecified atom stereocenters. The van der Waals surface area contributed by atoms with Gasteiger partial charge < -0.3 is 24.3 Å². The molecule has 200 valence electrons. The molecule has 1 saturated heterocycles. The highest BCUT2D eigenvalue weighted by Crippen LogP contribution is 2.35. The second-order valence-electron chi connectivity index (χ2n) is 10.5. The first-order valence-electron chi connectivity index (χ1n) is 13.5. The fraction of sp³-hybridized carbons (Fsp3) is 0.433. The van der Waals surface area contributed by atoms with Crippen LogP contribution in [-0.4, -0.2) is 85.1 Å². The molecule has 38 heavy (non-hydrogen) atoms. The third kappa shape index (κ3) is 5.60. The summed E-state index contributed by atoms with van der Waals surface area (Å²) in [5.74, 6) is 0.930. The summed E-state index contributed by atoms with van der Waals surface area (Å²) in [6.45, 7) is 10.8. The van der Waals surface area contributed by atoms with E-state index < -0.39 is 0 Å². The predicted molar refractivity (Wildman–Crippen MR) is 154 cm³/mol. The number of allylic oxidation sites excluding steroid dienone is 2. The van der Waals surface area contributed by atoms with Crippen molar-refractivity contribution in [2.45, 2.75) is 32.4 Å². The molecule has 8 nitrogen and oxygen atoms in total. The maximum absolute atomic E-state index is 12.1. The van der Waals surface area contributed by atoms with Gasteiger partial charge in [0.2, 0.25) is 5.91 Å². The van der Waals surface area contributed by atoms with Crippen LogP contribution in [-0.2, 0) is 17.8 Å². The van der Waals surface area contributed by atoms with Gasteiger partial charge in [0.15, 0.2) is 0 Å². The van der Waals surface area contributed by atoms with Gasteiger partial charge in [0, 0.05) is 56.1 Å². The second kappa shape index (κ2) is 11.4. The zero-order valence-corrected chi connectivity index (χ0v) is 22.8. The number of ether oxygens (including phenoxy) is 1. The average molecular weight is 515 g/mol. The third-order valence-electron chi connectivity index (χ3n) is 7.33. The number of likely N-dealkylation sites (N-methyl/N-ethyl adjacent to an activating group) is 1. The molecule has 3 aliphatic rings. The maximum Gasteiger partial charge on any atom is 0.318 e. The van der Waals surface area contributed by atoms with Crippen LogP contribution in [0.25, 0.3) is 12.2 Å². The lowest BCUT2D eigenvalue weighted by molar-refractivity contribution is -0.126. The molecular weight excluding hydrogens is 476 g/mol. The number of carbonyl (C=O) groups excluding carboxylic acids is 1. The first-order valence-corrected chi connectivity index (χ1v) is 13.5. The minimum absolute atomic E-state index is 0.0163. The van der Waals surface area contributed by atoms with Crippen molar-refractivity contribution in [1.82, 2.24) is 19.8 Å². The third-order valence-corrected chi connectivity index (χ3v) is 7.33. The molecule has 8 heteroatoms. The van der Waals surface area contributed by atoms with Gasteiger partial charge in [-0.05, 0) is 51.6 Å². The van der Waals surface area contributed by atoms with Crippen molar-refractivity contribution < 1.29 is 9.53 Å². The lowest BCUT2D eigenvalue weighted by Crippen LogP contribution is -2.49. The zero-order valence-electron chi connectivity index (χ0n) is 22.8. The normalized spacial score (nSPS) is 17.6. The van der Waals surface area contributed by atoms with E-state index in [1.807, 2.05) is 25.9 Å². The summed E-state index contributed by atoms with van der Waals surface area (Å²) in [6.07, 6.45) is 12.0. The molecule has 0 bridgehead atoms. The van der Waals surface area contributed by atoms with Gasteiger partial charge in [-0.25, -0.2) is 0 Å². The Labute approximate surface area is 225 Å². The molecule has 1 amide bonds. The van der Waals surface area contributed by atoms with E-state index in [2.05, 4.69) is 63.8 Å². The lowest BCUT2D eigenvalue weighted by Gasteiger charge is -2.38. The van der Waals surface area contributed by atoms with Crippen molar-refractivity contribution in [3.8, 4) is 6.01 Å². The number of hydrogen-bond acceptors (Lipinski definition) is 7. The molecule has 0 N–H and O–H groups in total. The van der Waals surface area contributed by atoms with Gasteiger partial charge in [0.25, 0.3) is 0 Å². The summed E-state index contributed by atoms with van der Waals surface area (Å²) in [5, 5.41) is 0. The average Bonchev–Trinajstić information content (AvgIpc) is 3.17. The minimum Gasteiger partial charge on any atom is -0.459 e. The topological polar surface area (TPSA) is 65.0 Å². The summed E-state index contributed by atoms with van der Waals surface area (Å²) < 4.78 is 6.24. The minimum atomic E-state index is -0.0422. The quantitative estimate of drug-likeness (QED) is 0.523. The Kier molecular flexibility index (Phi) is 7.79. The lowest BCUT2D eigenvalue weighted by atomic mass is 10.00. The van der Waals surface area contributed by atoms with Crippen LogP contribution in [0.1, 0.15) is 35.7 Å². The van der Waals surface area contributed by atoms with Crippen LogP contribution < -0.4 is 14.5 Å². The molecule has 5 rings (SSSR count). The molecule has 1 aromatic carbocycles. The van der Waals surface area contributed by atoms with Crippen molar-refractivity contribution in [1.29, 1.82) is 0 Å². The molecule has 1 fully saturated rings. The zero-order chi connectivity index (χ0) is 26.6. The highest BCUT2D eigenvalue weighted by atomic mass is 16.5. The Balaban J connectivity index is 1.46. The number of piperazine rings is 1. The van der Waals surface area contributed by atoms with Crippen LogP contribution in [0.4, 0.5) is 11.5 Å². The van der Waals surface area contributed by atoms with Gasteiger partial charge in [0.05, 0.1) is 12.2 Å². The number of nitrogens with zero attached hydrogens (tertiary/aromatic N) is 6. The van der Waals surface area contributed by atoms with Crippen molar-refractivity contribution in [2.75, 3.05) is 63.2 Å². The monoisotopic (exact) mass is 514 g/mol. The van der Waals surface area contributed by atoms with Gasteiger partial charge in [-0.2, -0.15) is 9.97 Å². The number of amides is 1. The van der Waals surface area contributed by atoms with Crippen molar-refractivity contribution in [3.63, 3.8) is 0 Å². The van der Waals surface area contributed by atoms with E-state index in [4.69, 9.17) is 14.7 Å². The van der Waals surface area contributed by atoms with E-state index in [-0.39, 0.29) is 12.0 Å². The largest absolute Gasteiger partial charge is 0.459 e. The molecular formula is C30H38N6O2. The van der Waals surface area contributed by atoms with Crippen LogP contribution >= 0.6 is 0 Å². The van der Waals surface area contributed by atoms with Crippen molar-refractivity contribution >= 4 is 29.6 Å². The second-order valence-corrected chi connectivity index (χ2v) is 10.5. The van der Waals surface area contributed by atoms with Crippen molar-refractivity contribution in [3.05, 3.63) is 65.4 Å². The van der Waals surface area contributed by atoms with Crippen LogP contribution in [0.3, 0.4) is 0 Å². The number of anilines is 2. The summed E-state index contributed by atoms with van der Waals surface area (Å²) >= 11 is 0. The van der Waals surface area contributed by atoms with E-state index >= 15 is 0 Å². The summed E-state index contributed by atoms with van der Waals surface area (Å²) in [6, 6.07) is 6.95. The van der Waals surface area contributed by atoms with Crippen LogP contribution in [0, 0.1) is 0 Å². The molecule has 0 radical (unpaired) electrons. The number of rotatable bonds is 7. The summed E-state index contributed by atoms with van der Waals surface area (Å²) in [5.41, 5.74) is 5.95. The predicted octanol–water partition coefficient (Wildman–Crippen LogP) is 3.63. The van der Waals surface area contributed by atoms with Gasteiger partial charge in [0.1, 0.15) is 11.9 Å². The Morgan fingerprint density at radius 3 is 2.66 bits per heavy atom. The fourth-order valence-corrected chi connectivity index (χ4v) is 5.54. The standard InChI is InChI=1S/C30H38N6O2/c1-5-28(37)34-16-18-35(19-17-34)29-25-14-15-36(27-13-9-11-23-10-7-6-8-12-24(23)27)21-26(25)31-30(32-29)38-22(2)20-33(3)4/h5,7-13,22H,1,6,14-21H2,2-4H3. The van der Waals surface area contributed by atoms with Crippen LogP contribution in [0.5, 0.6) is 6.01 Å². The highest BCUT2D eigenvalue weighted by molar-refractivity contribution is 5.87. The van der Waals surface area contributed by atoms with Crippen LogP contribution in [0.15, 0.2) is 43.0 Å². The molecule has 0 spiro atoms. The number of hydrogen-bond donors (Lipinski definition) is 0. The van der Waals surface area contributed by atoms with Gasteiger partial charge in [-0.15, -0.1) is 0 Å². The summed E-state index contributed by atoms with van der Waals surface area (Å²) in [4.78, 5) is 30.7. The Morgan fingerprint density at radius 1 is 1.11 bits per heavy atom. The number of fused-ring (bicyclic) bond motifs is 2. The Bertz CT molecular complexity index is 1250. The molecule has 2 aliphatic heterocycles. The number of benzene rings is 1. The molecule has 1 aromatic heterocycles. The molecule has 1 aliphatic carbocycles. The SMILES string of the molecule is C=CC(=O)N1CCN(c2nc(OC(C)CN(C)C)nc3c2CCN(c2cccc4c2C=CCC=C4)C3)CC1. The Morgan fingerprint density at radius 2 is 1.89 bits per heavy atom. The van der Waals surface area contributed by atoms with E-state index in [1.54, 1.807) is 0 Å². The Hall–Kier alpha value is -3.65. The van der Waals surface area contributed by atoms with E-state index in [9.17, 15) is 4.79 Å². The van der Waals surface area contributed by atoms with E-state index in [1.165, 1.54) is 28.5 Å². The first kappa shape index (κ1) is 26.0. The van der Waals surface area contributed by atoms with Gasteiger partial charge >= 0.3 is 6.01 Å². The van der Waals surface area contributed by atoms with Crippen molar-refractivity contribution in [2.24, 2.45) is 0 Å². The summed E-state index contributed by atoms with van der Waals surface area (Å²) in [7, 11) is 4.07. The molecule has 0 saturated carbocycles. The fourth-order valence-electron chi connectivity index (χ4n) is 5.54. The van der Waals surface area contributed by atoms with E-state index in [0.29, 0.717) is 25.6 Å². The van der Waals surface area contributed by atoms with Gasteiger partial charge in [-0.1, -0.05) is 43.0 Å². The molecule has 1 atom stereocenters. The van der Waals surface area contributed by atoms with E-state index in [0.717, 1.165) is 50.5 Å². The molecule has 3 heterocycles. The highest BCUT2D eigenvalue weighted by Gasteiger charge is 2.29. The smallest absolute Gasteiger partial charge is 0.318 e. The van der Waals surface area contributed by atoms with Crippen LogP contribution in [0.2, 0.25) is 0 Å². The van der Waals surface area contributed by atoms with Gasteiger partial charge in [-0.3, -0.25) is 4.79 Å². The number of aromatic nitrogens is 2. The molecule has 2 aromatic rings. The number of carbonyl (C=O) groups is 1. The maximum atomic E-state index is 12.1. The first-order chi connectivity index (χ1) is 18.4.